The first-order valence-corrected chi connectivity index (χ1v) is 12.6. The number of nitrogens with two attached hydrogens (primary N) is 1. The highest BCUT2D eigenvalue weighted by Crippen LogP contribution is 2.31. The van der Waals surface area contributed by atoms with Gasteiger partial charge in [-0.3, -0.25) is 4.68 Å². The van der Waals surface area contributed by atoms with Crippen molar-refractivity contribution in [1.29, 1.82) is 0 Å². The Labute approximate surface area is 221 Å². The highest BCUT2D eigenvalue weighted by atomic mass is 19.1. The van der Waals surface area contributed by atoms with E-state index in [0.29, 0.717) is 38.3 Å². The van der Waals surface area contributed by atoms with Gasteiger partial charge in [0.25, 0.3) is 0 Å². The van der Waals surface area contributed by atoms with E-state index in [-0.39, 0.29) is 5.82 Å². The Hall–Kier alpha value is -3.92. The number of pyridine rings is 1. The molecule has 0 bridgehead atoms. The van der Waals surface area contributed by atoms with Gasteiger partial charge in [0.05, 0.1) is 12.3 Å². The molecule has 4 aromatic rings. The summed E-state index contributed by atoms with van der Waals surface area (Å²) in [5.41, 5.74) is 11.5. The van der Waals surface area contributed by atoms with E-state index in [1.807, 2.05) is 62.2 Å². The highest BCUT2D eigenvalue weighted by Gasteiger charge is 2.17. The number of rotatable bonds is 9. The van der Waals surface area contributed by atoms with Crippen molar-refractivity contribution < 1.29 is 18.7 Å². The SMILES string of the molecule is Cc1c(CCOc2cc(F)ccc2-c2ccc3ncc(CCNC(=O)OC(C)(C)C)n3c2)c(CN)nn1C. The number of benzene rings is 1. The molecular weight excluding hydrogens is 487 g/mol. The summed E-state index contributed by atoms with van der Waals surface area (Å²) >= 11 is 0. The zero-order chi connectivity index (χ0) is 27.4. The molecule has 0 atom stereocenters. The van der Waals surface area contributed by atoms with E-state index in [4.69, 9.17) is 15.2 Å². The number of ether oxygens (including phenoxy) is 2. The van der Waals surface area contributed by atoms with Crippen LogP contribution in [0.15, 0.2) is 42.7 Å². The standard InChI is InChI=1S/C28H35FN6O3/c1-18-22(24(15-30)33-34(18)5)11-13-37-25-14-20(29)7-8-23(25)19-6-9-26-32-16-21(35(26)17-19)10-12-31-27(36)38-28(2,3)4/h6-9,14,16-17H,10-13,15,30H2,1-5H3,(H,31,36). The number of halogens is 1. The number of amides is 1. The number of nitrogens with one attached hydrogen (secondary N) is 1. The van der Waals surface area contributed by atoms with Gasteiger partial charge in [-0.15, -0.1) is 0 Å². The van der Waals surface area contributed by atoms with Gasteiger partial charge in [-0.25, -0.2) is 14.2 Å². The van der Waals surface area contributed by atoms with Crippen LogP contribution in [0.5, 0.6) is 5.75 Å². The van der Waals surface area contributed by atoms with Gasteiger partial charge in [0.2, 0.25) is 0 Å². The van der Waals surface area contributed by atoms with Crippen LogP contribution in [-0.4, -0.2) is 44.0 Å². The second-order valence-electron chi connectivity index (χ2n) is 10.2. The number of aromatic nitrogens is 4. The number of imidazole rings is 1. The summed E-state index contributed by atoms with van der Waals surface area (Å²) in [5.74, 6) is 0.0787. The van der Waals surface area contributed by atoms with Gasteiger partial charge in [0.15, 0.2) is 0 Å². The first-order valence-electron chi connectivity index (χ1n) is 12.6. The summed E-state index contributed by atoms with van der Waals surface area (Å²) in [6, 6.07) is 8.37. The number of alkyl carbamates (subject to hydrolysis) is 1. The normalized spacial score (nSPS) is 11.7. The van der Waals surface area contributed by atoms with Gasteiger partial charge in [0.1, 0.15) is 22.8 Å². The van der Waals surface area contributed by atoms with Crippen LogP contribution in [0.25, 0.3) is 16.8 Å². The number of fused-ring (bicyclic) bond motifs is 1. The van der Waals surface area contributed by atoms with Gasteiger partial charge in [-0.05, 0) is 52.0 Å². The van der Waals surface area contributed by atoms with Crippen molar-refractivity contribution in [3.8, 4) is 16.9 Å². The number of carbonyl (C=O) groups is 1. The maximum Gasteiger partial charge on any atom is 0.407 e. The van der Waals surface area contributed by atoms with Crippen molar-refractivity contribution in [2.75, 3.05) is 13.2 Å². The van der Waals surface area contributed by atoms with E-state index < -0.39 is 11.7 Å². The molecule has 0 unspecified atom stereocenters. The Balaban J connectivity index is 1.51. The lowest BCUT2D eigenvalue weighted by Crippen LogP contribution is -2.33. The number of carbonyl (C=O) groups excluding carboxylic acids is 1. The second-order valence-corrected chi connectivity index (χ2v) is 10.2. The Morgan fingerprint density at radius 1 is 1.18 bits per heavy atom. The van der Waals surface area contributed by atoms with Crippen molar-refractivity contribution >= 4 is 11.7 Å². The topological polar surface area (TPSA) is 109 Å². The van der Waals surface area contributed by atoms with Crippen molar-refractivity contribution in [3.63, 3.8) is 0 Å². The molecule has 0 spiro atoms. The first-order chi connectivity index (χ1) is 18.1. The molecule has 0 saturated carbocycles. The lowest BCUT2D eigenvalue weighted by Gasteiger charge is -2.19. The Morgan fingerprint density at radius 2 is 1.97 bits per heavy atom. The van der Waals surface area contributed by atoms with Crippen LogP contribution in [0.2, 0.25) is 0 Å². The fraction of sp³-hybridized carbons (Fsp3) is 0.393. The average Bonchev–Trinajstić information content (AvgIpc) is 3.38. The van der Waals surface area contributed by atoms with E-state index in [1.54, 1.807) is 12.3 Å². The van der Waals surface area contributed by atoms with Gasteiger partial charge in [0, 0.05) is 79.5 Å². The van der Waals surface area contributed by atoms with Crippen molar-refractivity contribution in [2.24, 2.45) is 12.8 Å². The first kappa shape index (κ1) is 27.1. The van der Waals surface area contributed by atoms with Crippen LogP contribution in [0.1, 0.15) is 43.4 Å². The summed E-state index contributed by atoms with van der Waals surface area (Å²) in [6.07, 6.45) is 4.44. The maximum atomic E-state index is 14.2. The van der Waals surface area contributed by atoms with E-state index in [2.05, 4.69) is 15.4 Å². The number of hydrogen-bond donors (Lipinski definition) is 2. The number of aryl methyl sites for hydroxylation is 1. The zero-order valence-electron chi connectivity index (χ0n) is 22.5. The van der Waals surface area contributed by atoms with Crippen molar-refractivity contribution in [3.05, 3.63) is 71.2 Å². The number of nitrogens with zero attached hydrogens (tertiary/aromatic N) is 4. The molecule has 0 aliphatic heterocycles. The minimum absolute atomic E-state index is 0.350. The third-order valence-electron chi connectivity index (χ3n) is 6.23. The molecule has 0 saturated heterocycles. The maximum absolute atomic E-state index is 14.2. The Bertz CT molecular complexity index is 1440. The Morgan fingerprint density at radius 3 is 2.71 bits per heavy atom. The third-order valence-corrected chi connectivity index (χ3v) is 6.23. The molecule has 4 rings (SSSR count). The van der Waals surface area contributed by atoms with Gasteiger partial charge in [-0.2, -0.15) is 5.10 Å². The van der Waals surface area contributed by atoms with Crippen LogP contribution >= 0.6 is 0 Å². The molecule has 3 N–H and O–H groups in total. The third kappa shape index (κ3) is 6.31. The highest BCUT2D eigenvalue weighted by molar-refractivity contribution is 5.71. The average molecular weight is 523 g/mol. The van der Waals surface area contributed by atoms with Crippen LogP contribution in [0.3, 0.4) is 0 Å². The summed E-state index contributed by atoms with van der Waals surface area (Å²) in [4.78, 5) is 16.4. The van der Waals surface area contributed by atoms with E-state index in [1.165, 1.54) is 12.1 Å². The second kappa shape index (κ2) is 11.2. The smallest absolute Gasteiger partial charge is 0.407 e. The molecule has 3 aromatic heterocycles. The fourth-order valence-electron chi connectivity index (χ4n) is 4.31. The molecule has 0 aliphatic carbocycles. The van der Waals surface area contributed by atoms with Crippen LogP contribution in [-0.2, 0) is 31.2 Å². The molecule has 0 radical (unpaired) electrons. The monoisotopic (exact) mass is 522 g/mol. The van der Waals surface area contributed by atoms with E-state index in [0.717, 1.165) is 39.4 Å². The predicted molar refractivity (Wildman–Crippen MR) is 144 cm³/mol. The molecule has 1 amide bonds. The van der Waals surface area contributed by atoms with Crippen molar-refractivity contribution in [1.82, 2.24) is 24.5 Å². The summed E-state index contributed by atoms with van der Waals surface area (Å²) < 4.78 is 29.4. The lowest BCUT2D eigenvalue weighted by atomic mass is 10.1. The van der Waals surface area contributed by atoms with Gasteiger partial charge >= 0.3 is 6.09 Å². The quantitative estimate of drug-likeness (QED) is 0.339. The summed E-state index contributed by atoms with van der Waals surface area (Å²) in [7, 11) is 1.89. The largest absolute Gasteiger partial charge is 0.492 e. The minimum atomic E-state index is -0.555. The van der Waals surface area contributed by atoms with Crippen LogP contribution in [0.4, 0.5) is 9.18 Å². The summed E-state index contributed by atoms with van der Waals surface area (Å²) in [6.45, 7) is 8.57. The minimum Gasteiger partial charge on any atom is -0.492 e. The van der Waals surface area contributed by atoms with Gasteiger partial charge < -0.3 is 24.9 Å². The van der Waals surface area contributed by atoms with Gasteiger partial charge in [-0.1, -0.05) is 0 Å². The van der Waals surface area contributed by atoms with Crippen LogP contribution < -0.4 is 15.8 Å². The molecule has 3 heterocycles. The molecule has 202 valence electrons. The van der Waals surface area contributed by atoms with Crippen molar-refractivity contribution in [2.45, 2.75) is 52.7 Å². The van der Waals surface area contributed by atoms with E-state index >= 15 is 0 Å². The molecule has 0 aliphatic rings. The van der Waals surface area contributed by atoms with E-state index in [9.17, 15) is 9.18 Å². The molecule has 9 nitrogen and oxygen atoms in total. The van der Waals surface area contributed by atoms with Crippen LogP contribution in [0, 0.1) is 12.7 Å². The molecule has 0 fully saturated rings. The lowest BCUT2D eigenvalue weighted by molar-refractivity contribution is 0.0528. The molecule has 1 aromatic carbocycles. The molecular formula is C28H35FN6O3. The fourth-order valence-corrected chi connectivity index (χ4v) is 4.31. The Kier molecular flexibility index (Phi) is 8.01. The molecule has 10 heteroatoms. The zero-order valence-corrected chi connectivity index (χ0v) is 22.5. The number of hydrogen-bond acceptors (Lipinski definition) is 6. The molecule has 38 heavy (non-hydrogen) atoms. The summed E-state index contributed by atoms with van der Waals surface area (Å²) in [5, 5.41) is 7.23. The predicted octanol–water partition coefficient (Wildman–Crippen LogP) is 4.33.